The number of hydrogen-bond acceptors (Lipinski definition) is 2. The predicted octanol–water partition coefficient (Wildman–Crippen LogP) is 3.85. The summed E-state index contributed by atoms with van der Waals surface area (Å²) < 4.78 is 1.80. The van der Waals surface area contributed by atoms with Gasteiger partial charge in [0.05, 0.1) is 17.4 Å². The average molecular weight is 292 g/mol. The minimum atomic E-state index is -0.927. The van der Waals surface area contributed by atoms with Crippen LogP contribution in [0.3, 0.4) is 0 Å². The third-order valence-electron chi connectivity index (χ3n) is 3.78. The molecular formula is C18H16N2O2. The van der Waals surface area contributed by atoms with Gasteiger partial charge in [-0.05, 0) is 54.8 Å². The number of carboxylic acids is 1. The van der Waals surface area contributed by atoms with Crippen molar-refractivity contribution in [1.82, 2.24) is 9.78 Å². The zero-order valence-electron chi connectivity index (χ0n) is 12.4. The van der Waals surface area contributed by atoms with Crippen LogP contribution in [0.5, 0.6) is 0 Å². The Hall–Kier alpha value is -2.88. The Balaban J connectivity index is 1.98. The van der Waals surface area contributed by atoms with Gasteiger partial charge in [0.1, 0.15) is 0 Å². The molecule has 0 unspecified atom stereocenters. The smallest absolute Gasteiger partial charge is 0.335 e. The molecule has 0 saturated carbocycles. The van der Waals surface area contributed by atoms with Gasteiger partial charge in [-0.25, -0.2) is 9.48 Å². The van der Waals surface area contributed by atoms with Gasteiger partial charge in [0, 0.05) is 11.8 Å². The maximum Gasteiger partial charge on any atom is 0.335 e. The average Bonchev–Trinajstić information content (AvgIpc) is 3.00. The summed E-state index contributed by atoms with van der Waals surface area (Å²) in [5.41, 5.74) is 5.45. The molecule has 0 amide bonds. The maximum atomic E-state index is 11.1. The summed E-state index contributed by atoms with van der Waals surface area (Å²) in [4.78, 5) is 11.1. The molecule has 0 saturated heterocycles. The molecule has 0 atom stereocenters. The molecule has 1 aromatic heterocycles. The number of nitrogens with zero attached hydrogens (tertiary/aromatic N) is 2. The second-order valence-corrected chi connectivity index (χ2v) is 5.33. The van der Waals surface area contributed by atoms with E-state index < -0.39 is 5.97 Å². The van der Waals surface area contributed by atoms with Crippen LogP contribution in [0, 0.1) is 13.8 Å². The second-order valence-electron chi connectivity index (χ2n) is 5.33. The number of benzene rings is 2. The number of aromatic carboxylic acids is 1. The van der Waals surface area contributed by atoms with Gasteiger partial charge in [-0.3, -0.25) is 0 Å². The number of hydrogen-bond donors (Lipinski definition) is 1. The van der Waals surface area contributed by atoms with E-state index in [2.05, 4.69) is 31.1 Å². The minimum absolute atomic E-state index is 0.274. The Morgan fingerprint density at radius 3 is 2.59 bits per heavy atom. The Morgan fingerprint density at radius 2 is 1.86 bits per heavy atom. The number of rotatable bonds is 3. The molecule has 0 aliphatic carbocycles. The summed E-state index contributed by atoms with van der Waals surface area (Å²) in [6.45, 7) is 4.14. The highest BCUT2D eigenvalue weighted by Gasteiger charge is 2.07. The summed E-state index contributed by atoms with van der Waals surface area (Å²) in [6.07, 6.45) is 3.65. The lowest BCUT2D eigenvalue weighted by Crippen LogP contribution is -1.96. The fourth-order valence-corrected chi connectivity index (χ4v) is 2.31. The third-order valence-corrected chi connectivity index (χ3v) is 3.78. The SMILES string of the molecule is Cc1ccc(-n2cc(-c3cccc(C(=O)O)c3)cn2)cc1C. The van der Waals surface area contributed by atoms with Crippen LogP contribution in [0.4, 0.5) is 0 Å². The zero-order valence-corrected chi connectivity index (χ0v) is 12.4. The second kappa shape index (κ2) is 5.48. The first-order valence-electron chi connectivity index (χ1n) is 7.00. The monoisotopic (exact) mass is 292 g/mol. The van der Waals surface area contributed by atoms with Crippen LogP contribution >= 0.6 is 0 Å². The fraction of sp³-hybridized carbons (Fsp3) is 0.111. The van der Waals surface area contributed by atoms with Gasteiger partial charge in [-0.15, -0.1) is 0 Å². The first-order chi connectivity index (χ1) is 10.5. The van der Waals surface area contributed by atoms with Crippen LogP contribution in [0.25, 0.3) is 16.8 Å². The van der Waals surface area contributed by atoms with Crippen molar-refractivity contribution in [2.45, 2.75) is 13.8 Å². The molecular weight excluding hydrogens is 276 g/mol. The van der Waals surface area contributed by atoms with Gasteiger partial charge in [0.2, 0.25) is 0 Å². The van der Waals surface area contributed by atoms with Crippen molar-refractivity contribution in [3.63, 3.8) is 0 Å². The van der Waals surface area contributed by atoms with Gasteiger partial charge in [-0.2, -0.15) is 5.10 Å². The molecule has 1 heterocycles. The number of carbonyl (C=O) groups is 1. The Morgan fingerprint density at radius 1 is 1.05 bits per heavy atom. The molecule has 3 aromatic rings. The molecule has 0 fully saturated rings. The lowest BCUT2D eigenvalue weighted by atomic mass is 10.1. The van der Waals surface area contributed by atoms with Crippen LogP contribution < -0.4 is 0 Å². The highest BCUT2D eigenvalue weighted by Crippen LogP contribution is 2.22. The highest BCUT2D eigenvalue weighted by molar-refractivity contribution is 5.89. The van der Waals surface area contributed by atoms with E-state index >= 15 is 0 Å². The summed E-state index contributed by atoms with van der Waals surface area (Å²) in [5.74, 6) is -0.927. The number of aryl methyl sites for hydroxylation is 2. The van der Waals surface area contributed by atoms with E-state index in [1.807, 2.05) is 18.3 Å². The predicted molar refractivity (Wildman–Crippen MR) is 85.4 cm³/mol. The molecule has 1 N–H and O–H groups in total. The highest BCUT2D eigenvalue weighted by atomic mass is 16.4. The van der Waals surface area contributed by atoms with E-state index in [0.717, 1.165) is 16.8 Å². The van der Waals surface area contributed by atoms with Crippen molar-refractivity contribution in [3.8, 4) is 16.8 Å². The topological polar surface area (TPSA) is 55.1 Å². The van der Waals surface area contributed by atoms with Crippen LogP contribution in [0.1, 0.15) is 21.5 Å². The van der Waals surface area contributed by atoms with E-state index in [-0.39, 0.29) is 5.56 Å². The van der Waals surface area contributed by atoms with Crippen molar-refractivity contribution < 1.29 is 9.90 Å². The Labute approximate surface area is 128 Å². The standard InChI is InChI=1S/C18H16N2O2/c1-12-6-7-17(8-13(12)2)20-11-16(10-19-20)14-4-3-5-15(9-14)18(21)22/h3-11H,1-2H3,(H,21,22). The summed E-state index contributed by atoms with van der Waals surface area (Å²) in [5, 5.41) is 13.5. The molecule has 0 aliphatic heterocycles. The van der Waals surface area contributed by atoms with Crippen LogP contribution in [0.2, 0.25) is 0 Å². The van der Waals surface area contributed by atoms with Gasteiger partial charge >= 0.3 is 5.97 Å². The molecule has 0 bridgehead atoms. The molecule has 4 heteroatoms. The largest absolute Gasteiger partial charge is 0.478 e. The normalized spacial score (nSPS) is 10.6. The quantitative estimate of drug-likeness (QED) is 0.797. The number of carboxylic acid groups (broad SMARTS) is 1. The lowest BCUT2D eigenvalue weighted by molar-refractivity contribution is 0.0697. The molecule has 0 radical (unpaired) electrons. The molecule has 3 rings (SSSR count). The Kier molecular flexibility index (Phi) is 3.51. The lowest BCUT2D eigenvalue weighted by Gasteiger charge is -2.05. The van der Waals surface area contributed by atoms with Gasteiger partial charge in [0.25, 0.3) is 0 Å². The van der Waals surface area contributed by atoms with Crippen LogP contribution in [-0.2, 0) is 0 Å². The summed E-state index contributed by atoms with van der Waals surface area (Å²) in [7, 11) is 0. The fourth-order valence-electron chi connectivity index (χ4n) is 2.31. The van der Waals surface area contributed by atoms with E-state index in [1.54, 1.807) is 29.1 Å². The van der Waals surface area contributed by atoms with Crippen molar-refractivity contribution in [2.75, 3.05) is 0 Å². The third kappa shape index (κ3) is 2.63. The minimum Gasteiger partial charge on any atom is -0.478 e. The number of aromatic nitrogens is 2. The van der Waals surface area contributed by atoms with E-state index in [1.165, 1.54) is 11.1 Å². The first-order valence-corrected chi connectivity index (χ1v) is 7.00. The van der Waals surface area contributed by atoms with E-state index in [4.69, 9.17) is 5.11 Å². The van der Waals surface area contributed by atoms with Crippen molar-refractivity contribution in [3.05, 3.63) is 71.5 Å². The molecule has 0 aliphatic rings. The summed E-state index contributed by atoms with van der Waals surface area (Å²) >= 11 is 0. The van der Waals surface area contributed by atoms with Gasteiger partial charge in [-0.1, -0.05) is 18.2 Å². The van der Waals surface area contributed by atoms with Gasteiger partial charge in [0.15, 0.2) is 0 Å². The maximum absolute atomic E-state index is 11.1. The van der Waals surface area contributed by atoms with Gasteiger partial charge < -0.3 is 5.11 Å². The molecule has 2 aromatic carbocycles. The van der Waals surface area contributed by atoms with E-state index in [9.17, 15) is 4.79 Å². The van der Waals surface area contributed by atoms with Crippen LogP contribution in [-0.4, -0.2) is 20.9 Å². The Bertz CT molecular complexity index is 850. The van der Waals surface area contributed by atoms with Crippen molar-refractivity contribution in [2.24, 2.45) is 0 Å². The molecule has 4 nitrogen and oxygen atoms in total. The van der Waals surface area contributed by atoms with Crippen molar-refractivity contribution >= 4 is 5.97 Å². The van der Waals surface area contributed by atoms with E-state index in [0.29, 0.717) is 0 Å². The zero-order chi connectivity index (χ0) is 15.7. The summed E-state index contributed by atoms with van der Waals surface area (Å²) in [6, 6.07) is 13.0. The van der Waals surface area contributed by atoms with Crippen LogP contribution in [0.15, 0.2) is 54.9 Å². The van der Waals surface area contributed by atoms with Crippen molar-refractivity contribution in [1.29, 1.82) is 0 Å². The first kappa shape index (κ1) is 14.1. The molecule has 110 valence electrons. The molecule has 22 heavy (non-hydrogen) atoms. The molecule has 0 spiro atoms.